The summed E-state index contributed by atoms with van der Waals surface area (Å²) in [6.45, 7) is 3.89. The Bertz CT molecular complexity index is 797. The molecule has 2 atom stereocenters. The van der Waals surface area contributed by atoms with Crippen molar-refractivity contribution in [1.82, 2.24) is 0 Å². The quantitative estimate of drug-likeness (QED) is 0.568. The molecule has 1 unspecified atom stereocenters. The van der Waals surface area contributed by atoms with E-state index in [0.29, 0.717) is 5.57 Å². The molecule has 1 aliphatic rings. The number of nitrogens with one attached hydrogen (secondary N) is 2. The Kier molecular flexibility index (Phi) is 5.74. The molecule has 2 amide bonds. The first-order valence-corrected chi connectivity index (χ1v) is 10.6. The first-order valence-electron chi connectivity index (χ1n) is 8.12. The van der Waals surface area contributed by atoms with E-state index in [1.54, 1.807) is 23.5 Å². The molecule has 0 radical (unpaired) electrons. The molecular formula is C20H20N2O2S2. The second-order valence-electron chi connectivity index (χ2n) is 5.97. The average Bonchev–Trinajstić information content (AvgIpc) is 3.33. The Labute approximate surface area is 161 Å². The first-order chi connectivity index (χ1) is 12.5. The van der Waals surface area contributed by atoms with E-state index in [1.807, 2.05) is 61.0 Å². The summed E-state index contributed by atoms with van der Waals surface area (Å²) in [6, 6.07) is 15.3. The van der Waals surface area contributed by atoms with Crippen LogP contribution in [0, 0.1) is 11.8 Å². The van der Waals surface area contributed by atoms with Crippen LogP contribution >= 0.6 is 23.5 Å². The van der Waals surface area contributed by atoms with E-state index in [9.17, 15) is 9.59 Å². The van der Waals surface area contributed by atoms with Gasteiger partial charge in [-0.05, 0) is 48.9 Å². The van der Waals surface area contributed by atoms with Gasteiger partial charge in [0, 0.05) is 21.2 Å². The first kappa shape index (κ1) is 18.6. The van der Waals surface area contributed by atoms with E-state index in [1.165, 1.54) is 0 Å². The van der Waals surface area contributed by atoms with Gasteiger partial charge in [-0.2, -0.15) is 0 Å². The van der Waals surface area contributed by atoms with Crippen LogP contribution in [-0.4, -0.2) is 24.3 Å². The van der Waals surface area contributed by atoms with Gasteiger partial charge < -0.3 is 10.6 Å². The van der Waals surface area contributed by atoms with Gasteiger partial charge in [0.05, 0.1) is 11.8 Å². The van der Waals surface area contributed by atoms with Crippen LogP contribution in [0.5, 0.6) is 0 Å². The molecule has 0 aromatic heterocycles. The van der Waals surface area contributed by atoms with E-state index < -0.39 is 11.8 Å². The number of thioether (sulfide) groups is 2. The molecule has 3 rings (SSSR count). The predicted octanol–water partition coefficient (Wildman–Crippen LogP) is 4.51. The Morgan fingerprint density at radius 2 is 1.27 bits per heavy atom. The Hall–Kier alpha value is -2.18. The second kappa shape index (κ2) is 8.01. The third-order valence-electron chi connectivity index (χ3n) is 4.26. The molecule has 2 aromatic carbocycles. The van der Waals surface area contributed by atoms with E-state index >= 15 is 0 Å². The highest BCUT2D eigenvalue weighted by Crippen LogP contribution is 2.45. The zero-order valence-corrected chi connectivity index (χ0v) is 16.2. The molecule has 0 bridgehead atoms. The van der Waals surface area contributed by atoms with Crippen LogP contribution in [0.15, 0.2) is 70.5 Å². The Morgan fingerprint density at radius 1 is 0.846 bits per heavy atom. The molecule has 134 valence electrons. The molecule has 4 nitrogen and oxygen atoms in total. The maximum absolute atomic E-state index is 12.5. The number of carbonyl (C=O) groups is 2. The topological polar surface area (TPSA) is 58.2 Å². The number of hydrogen-bond acceptors (Lipinski definition) is 4. The highest BCUT2D eigenvalue weighted by atomic mass is 32.2. The molecule has 2 N–H and O–H groups in total. The number of anilines is 2. The summed E-state index contributed by atoms with van der Waals surface area (Å²) in [4.78, 5) is 27.1. The lowest BCUT2D eigenvalue weighted by atomic mass is 10.2. The van der Waals surface area contributed by atoms with Crippen LogP contribution in [-0.2, 0) is 9.59 Å². The smallest absolute Gasteiger partial charge is 0.232 e. The van der Waals surface area contributed by atoms with Gasteiger partial charge in [-0.15, -0.1) is 23.5 Å². The van der Waals surface area contributed by atoms with Crippen LogP contribution in [0.1, 0.15) is 0 Å². The molecule has 0 heterocycles. The minimum atomic E-state index is -0.475. The standard InChI is InChI=1S/C20H20N2O2S2/c1-12-17(19(23)21-13-6-4-8-15(10-13)25-2)18(12)20(24)22-14-7-5-9-16(11-14)26-3/h4-11,17-18H,1H2,2-3H3,(H,21,23)(H,22,24)/t17-,18?/m0/s1. The molecule has 0 aliphatic heterocycles. The van der Waals surface area contributed by atoms with Gasteiger partial charge in [-0.3, -0.25) is 9.59 Å². The van der Waals surface area contributed by atoms with Crippen LogP contribution < -0.4 is 10.6 Å². The van der Waals surface area contributed by atoms with E-state index in [4.69, 9.17) is 0 Å². The lowest BCUT2D eigenvalue weighted by Gasteiger charge is -2.07. The molecule has 6 heteroatoms. The fraction of sp³-hybridized carbons (Fsp3) is 0.200. The zero-order valence-electron chi connectivity index (χ0n) is 14.6. The third-order valence-corrected chi connectivity index (χ3v) is 5.71. The number of carbonyl (C=O) groups excluding carboxylic acids is 2. The summed E-state index contributed by atoms with van der Waals surface area (Å²) in [6.07, 6.45) is 3.96. The zero-order chi connectivity index (χ0) is 18.7. The largest absolute Gasteiger partial charge is 0.326 e. The molecule has 1 fully saturated rings. The van der Waals surface area contributed by atoms with Gasteiger partial charge in [-0.1, -0.05) is 24.3 Å². The van der Waals surface area contributed by atoms with E-state index in [2.05, 4.69) is 17.2 Å². The molecular weight excluding hydrogens is 364 g/mol. The molecule has 2 aromatic rings. The fourth-order valence-electron chi connectivity index (χ4n) is 2.80. The molecule has 0 saturated heterocycles. The van der Waals surface area contributed by atoms with E-state index in [-0.39, 0.29) is 11.8 Å². The van der Waals surface area contributed by atoms with Crippen molar-refractivity contribution < 1.29 is 9.59 Å². The van der Waals surface area contributed by atoms with Gasteiger partial charge >= 0.3 is 0 Å². The van der Waals surface area contributed by atoms with Gasteiger partial charge in [0.15, 0.2) is 0 Å². The summed E-state index contributed by atoms with van der Waals surface area (Å²) >= 11 is 3.22. The molecule has 1 aliphatic carbocycles. The minimum absolute atomic E-state index is 0.189. The lowest BCUT2D eigenvalue weighted by molar-refractivity contribution is -0.122. The van der Waals surface area contributed by atoms with Crippen molar-refractivity contribution in [2.75, 3.05) is 23.1 Å². The fourth-order valence-corrected chi connectivity index (χ4v) is 3.71. The van der Waals surface area contributed by atoms with Crippen molar-refractivity contribution in [3.8, 4) is 0 Å². The molecule has 26 heavy (non-hydrogen) atoms. The summed E-state index contributed by atoms with van der Waals surface area (Å²) in [7, 11) is 0. The van der Waals surface area contributed by atoms with Crippen molar-refractivity contribution in [2.24, 2.45) is 11.8 Å². The van der Waals surface area contributed by atoms with E-state index in [0.717, 1.165) is 21.2 Å². The lowest BCUT2D eigenvalue weighted by Crippen LogP contribution is -2.20. The van der Waals surface area contributed by atoms with Crippen LogP contribution in [0.3, 0.4) is 0 Å². The molecule has 1 saturated carbocycles. The summed E-state index contributed by atoms with van der Waals surface area (Å²) in [5.74, 6) is -1.33. The SMILES string of the molecule is C=C1C(C(=O)Nc2cccc(SC)c2)[C@H]1C(=O)Nc1cccc(SC)c1. The maximum Gasteiger partial charge on any atom is 0.232 e. The van der Waals surface area contributed by atoms with Crippen LogP contribution in [0.25, 0.3) is 0 Å². The van der Waals surface area contributed by atoms with Gasteiger partial charge in [0.1, 0.15) is 0 Å². The third kappa shape index (κ3) is 4.14. The Morgan fingerprint density at radius 3 is 1.65 bits per heavy atom. The number of hydrogen-bond donors (Lipinski definition) is 2. The summed E-state index contributed by atoms with van der Waals surface area (Å²) in [5.41, 5.74) is 2.11. The number of benzene rings is 2. The van der Waals surface area contributed by atoms with Gasteiger partial charge in [0.2, 0.25) is 11.8 Å². The Balaban J connectivity index is 1.62. The average molecular weight is 385 g/mol. The number of rotatable bonds is 6. The van der Waals surface area contributed by atoms with Crippen molar-refractivity contribution in [2.45, 2.75) is 9.79 Å². The van der Waals surface area contributed by atoms with Crippen LogP contribution in [0.4, 0.5) is 11.4 Å². The monoisotopic (exact) mass is 384 g/mol. The van der Waals surface area contributed by atoms with Crippen LogP contribution in [0.2, 0.25) is 0 Å². The number of amides is 2. The maximum atomic E-state index is 12.5. The van der Waals surface area contributed by atoms with Gasteiger partial charge in [0.25, 0.3) is 0 Å². The van der Waals surface area contributed by atoms with Crippen molar-refractivity contribution in [3.05, 3.63) is 60.7 Å². The van der Waals surface area contributed by atoms with Crippen molar-refractivity contribution >= 4 is 46.7 Å². The minimum Gasteiger partial charge on any atom is -0.326 e. The summed E-state index contributed by atoms with van der Waals surface area (Å²) < 4.78 is 0. The molecule has 0 spiro atoms. The van der Waals surface area contributed by atoms with Crippen molar-refractivity contribution in [3.63, 3.8) is 0 Å². The highest BCUT2D eigenvalue weighted by molar-refractivity contribution is 7.98. The normalized spacial score (nSPS) is 18.3. The second-order valence-corrected chi connectivity index (χ2v) is 7.73. The highest BCUT2D eigenvalue weighted by Gasteiger charge is 2.52. The van der Waals surface area contributed by atoms with Crippen molar-refractivity contribution in [1.29, 1.82) is 0 Å². The predicted molar refractivity (Wildman–Crippen MR) is 110 cm³/mol. The van der Waals surface area contributed by atoms with Gasteiger partial charge in [-0.25, -0.2) is 0 Å². The summed E-state index contributed by atoms with van der Waals surface area (Å²) in [5, 5.41) is 5.76.